The highest BCUT2D eigenvalue weighted by Crippen LogP contribution is 2.47. The van der Waals surface area contributed by atoms with Crippen LogP contribution in [0.15, 0.2) is 36.7 Å². The third kappa shape index (κ3) is 8.40. The smallest absolute Gasteiger partial charge is 0.414 e. The molecule has 3 heterocycles. The fourth-order valence-corrected chi connectivity index (χ4v) is 6.11. The number of hydrogen-bond donors (Lipinski definition) is 1. The second-order valence-electron chi connectivity index (χ2n) is 14.4. The number of nitriles is 1. The molecule has 0 bridgehead atoms. The zero-order chi connectivity index (χ0) is 34.8. The van der Waals surface area contributed by atoms with Gasteiger partial charge in [0.15, 0.2) is 8.32 Å². The van der Waals surface area contributed by atoms with Gasteiger partial charge in [0.05, 0.1) is 28.6 Å². The van der Waals surface area contributed by atoms with Gasteiger partial charge in [0.25, 0.3) is 0 Å². The molecule has 3 aromatic rings. The van der Waals surface area contributed by atoms with E-state index in [2.05, 4.69) is 62.1 Å². The number of benzene rings is 1. The Hall–Kier alpha value is -3.76. The van der Waals surface area contributed by atoms with Crippen LogP contribution in [-0.4, -0.2) is 68.4 Å². The van der Waals surface area contributed by atoms with E-state index in [4.69, 9.17) is 35.2 Å². The van der Waals surface area contributed by atoms with Gasteiger partial charge in [-0.1, -0.05) is 39.3 Å². The average Bonchev–Trinajstić information content (AvgIpc) is 3.28. The Kier molecular flexibility index (Phi) is 10.6. The van der Waals surface area contributed by atoms with E-state index in [1.54, 1.807) is 36.4 Å². The zero-order valence-corrected chi connectivity index (χ0v) is 30.7. The number of aromatic nitrogens is 3. The normalized spacial score (nSPS) is 16.4. The van der Waals surface area contributed by atoms with Crippen LogP contribution < -0.4 is 15.0 Å². The number of methoxy groups -OCH3 is 1. The van der Waals surface area contributed by atoms with E-state index in [-0.39, 0.29) is 11.0 Å². The third-order valence-electron chi connectivity index (χ3n) is 8.37. The minimum atomic E-state index is -2.15. The van der Waals surface area contributed by atoms with Gasteiger partial charge in [0.1, 0.15) is 24.0 Å². The molecule has 4 rings (SSSR count). The molecule has 1 N–H and O–H groups in total. The van der Waals surface area contributed by atoms with Crippen LogP contribution in [0.5, 0.6) is 5.88 Å². The lowest BCUT2D eigenvalue weighted by molar-refractivity contribution is 0.0575. The molecular formula is C34H45ClN6O5Si. The summed E-state index contributed by atoms with van der Waals surface area (Å²) in [4.78, 5) is 28.6. The number of fused-ring (bicyclic) bond motifs is 1. The van der Waals surface area contributed by atoms with Crippen molar-refractivity contribution in [2.24, 2.45) is 0 Å². The monoisotopic (exact) mass is 680 g/mol. The van der Waals surface area contributed by atoms with Crippen molar-refractivity contribution in [1.82, 2.24) is 15.0 Å². The first-order chi connectivity index (χ1) is 21.9. The third-order valence-corrected chi connectivity index (χ3v) is 13.1. The van der Waals surface area contributed by atoms with Gasteiger partial charge in [-0.15, -0.1) is 0 Å². The molecule has 0 fully saturated rings. The predicted molar refractivity (Wildman–Crippen MR) is 186 cm³/mol. The van der Waals surface area contributed by atoms with Crippen LogP contribution in [0.25, 0.3) is 11.3 Å². The summed E-state index contributed by atoms with van der Waals surface area (Å²) in [6.07, 6.45) is 2.61. The summed E-state index contributed by atoms with van der Waals surface area (Å²) in [7, 11) is -0.562. The predicted octanol–water partition coefficient (Wildman–Crippen LogP) is 7.87. The number of hydrogen-bond acceptors (Lipinski definition) is 10. The molecule has 1 unspecified atom stereocenters. The number of ether oxygens (including phenoxy) is 3. The molecular weight excluding hydrogens is 636 g/mol. The highest BCUT2D eigenvalue weighted by Gasteiger charge is 2.47. The Labute approximate surface area is 283 Å². The fourth-order valence-electron chi connectivity index (χ4n) is 4.84. The first-order valence-electron chi connectivity index (χ1n) is 15.5. The summed E-state index contributed by atoms with van der Waals surface area (Å²) < 4.78 is 23.4. The lowest BCUT2D eigenvalue weighted by Gasteiger charge is -2.39. The number of carbonyl (C=O) groups is 1. The molecule has 13 heteroatoms. The maximum atomic E-state index is 13.5. The molecule has 1 amide bonds. The van der Waals surface area contributed by atoms with E-state index in [9.17, 15) is 10.1 Å². The van der Waals surface area contributed by atoms with Crippen LogP contribution in [0.1, 0.15) is 59.6 Å². The van der Waals surface area contributed by atoms with Crippen molar-refractivity contribution in [2.75, 3.05) is 43.7 Å². The molecule has 0 aliphatic carbocycles. The molecule has 2 aromatic heterocycles. The van der Waals surface area contributed by atoms with Crippen LogP contribution in [0.2, 0.25) is 23.2 Å². The standard InChI is InChI=1S/C34H45ClN6O5Si/c1-32(2,3)46-31(42)41-20-34(7,21-45-47(9,10)33(4,5)6)25-16-22(15-23(18-36)28(25)41)26-11-12-37-30(39-26)40-27-17-24(35)19-38-29(27)44-14-13-43-8/h11-12,15-17,19H,13-14,20-21H2,1-10H3,(H,37,39,40). The molecule has 0 spiro atoms. The van der Waals surface area contributed by atoms with Gasteiger partial charge < -0.3 is 24.0 Å². The Morgan fingerprint density at radius 2 is 1.87 bits per heavy atom. The summed E-state index contributed by atoms with van der Waals surface area (Å²) in [5.74, 6) is 0.603. The van der Waals surface area contributed by atoms with Gasteiger partial charge in [0, 0.05) is 43.6 Å². The number of halogens is 1. The van der Waals surface area contributed by atoms with E-state index < -0.39 is 25.4 Å². The van der Waals surface area contributed by atoms with Crippen LogP contribution >= 0.6 is 11.6 Å². The molecule has 0 saturated carbocycles. The van der Waals surface area contributed by atoms with Crippen molar-refractivity contribution < 1.29 is 23.4 Å². The Morgan fingerprint density at radius 1 is 1.15 bits per heavy atom. The Balaban J connectivity index is 1.77. The van der Waals surface area contributed by atoms with Crippen molar-refractivity contribution >= 4 is 43.3 Å². The van der Waals surface area contributed by atoms with Crippen molar-refractivity contribution in [2.45, 2.75) is 77.6 Å². The first kappa shape index (κ1) is 36.1. The van der Waals surface area contributed by atoms with Crippen LogP contribution in [0.4, 0.5) is 22.1 Å². The van der Waals surface area contributed by atoms with E-state index in [1.165, 1.54) is 6.20 Å². The van der Waals surface area contributed by atoms with Gasteiger partial charge in [-0.05, 0) is 68.7 Å². The lowest BCUT2D eigenvalue weighted by Crippen LogP contribution is -2.46. The van der Waals surface area contributed by atoms with E-state index in [0.29, 0.717) is 65.5 Å². The minimum absolute atomic E-state index is 0.00709. The number of nitrogens with zero attached hydrogens (tertiary/aromatic N) is 5. The number of nitrogens with one attached hydrogen (secondary N) is 1. The van der Waals surface area contributed by atoms with E-state index >= 15 is 0 Å². The molecule has 252 valence electrons. The molecule has 0 saturated heterocycles. The fraction of sp³-hybridized carbons (Fsp3) is 0.500. The second kappa shape index (κ2) is 13.8. The Morgan fingerprint density at radius 3 is 2.51 bits per heavy atom. The first-order valence-corrected chi connectivity index (χ1v) is 18.8. The van der Waals surface area contributed by atoms with Crippen LogP contribution in [0.3, 0.4) is 0 Å². The summed E-state index contributed by atoms with van der Waals surface area (Å²) in [5, 5.41) is 14.0. The molecule has 11 nitrogen and oxygen atoms in total. The van der Waals surface area contributed by atoms with Crippen molar-refractivity contribution in [3.63, 3.8) is 0 Å². The number of carbonyl (C=O) groups excluding carboxylic acids is 1. The van der Waals surface area contributed by atoms with Gasteiger partial charge >= 0.3 is 6.09 Å². The summed E-state index contributed by atoms with van der Waals surface area (Å²) >= 11 is 6.23. The molecule has 47 heavy (non-hydrogen) atoms. The number of anilines is 3. The summed E-state index contributed by atoms with van der Waals surface area (Å²) in [6.45, 7) is 19.9. The number of rotatable bonds is 10. The van der Waals surface area contributed by atoms with Crippen molar-refractivity contribution in [1.29, 1.82) is 5.26 Å². The van der Waals surface area contributed by atoms with Gasteiger partial charge in [-0.25, -0.2) is 19.7 Å². The quantitative estimate of drug-likeness (QED) is 0.167. The molecule has 0 radical (unpaired) electrons. The number of amides is 1. The van der Waals surface area contributed by atoms with Crippen molar-refractivity contribution in [3.05, 3.63) is 52.8 Å². The largest absolute Gasteiger partial charge is 0.474 e. The maximum absolute atomic E-state index is 13.5. The SMILES string of the molecule is COCCOc1ncc(Cl)cc1Nc1nccc(-c2cc(C#N)c3c(c2)C(C)(CO[Si](C)(C)C(C)(C)C)CN3C(=O)OC(C)(C)C)n1. The average molecular weight is 681 g/mol. The van der Waals surface area contributed by atoms with E-state index in [0.717, 1.165) is 5.56 Å². The number of pyridine rings is 1. The molecule has 1 aliphatic rings. The Bertz CT molecular complexity index is 1670. The second-order valence-corrected chi connectivity index (χ2v) is 19.7. The van der Waals surface area contributed by atoms with Crippen molar-refractivity contribution in [3.8, 4) is 23.2 Å². The molecule has 1 atom stereocenters. The zero-order valence-electron chi connectivity index (χ0n) is 28.9. The maximum Gasteiger partial charge on any atom is 0.414 e. The summed E-state index contributed by atoms with van der Waals surface area (Å²) in [6, 6.07) is 9.49. The van der Waals surface area contributed by atoms with Gasteiger partial charge in [0.2, 0.25) is 11.8 Å². The van der Waals surface area contributed by atoms with E-state index in [1.807, 2.05) is 26.8 Å². The van der Waals surface area contributed by atoms with Gasteiger partial charge in [-0.2, -0.15) is 5.26 Å². The minimum Gasteiger partial charge on any atom is -0.474 e. The van der Waals surface area contributed by atoms with Gasteiger partial charge in [-0.3, -0.25) is 4.90 Å². The summed E-state index contributed by atoms with van der Waals surface area (Å²) in [5.41, 5.74) is 2.09. The highest BCUT2D eigenvalue weighted by atomic mass is 35.5. The molecule has 1 aromatic carbocycles. The topological polar surface area (TPSA) is 132 Å². The van der Waals surface area contributed by atoms with Crippen LogP contribution in [-0.2, 0) is 19.3 Å². The lowest BCUT2D eigenvalue weighted by atomic mass is 9.83. The van der Waals surface area contributed by atoms with Crippen LogP contribution in [0, 0.1) is 11.3 Å². The highest BCUT2D eigenvalue weighted by molar-refractivity contribution is 6.74. The molecule has 1 aliphatic heterocycles.